The summed E-state index contributed by atoms with van der Waals surface area (Å²) < 4.78 is 2.03. The van der Waals surface area contributed by atoms with Gasteiger partial charge in [0.05, 0.1) is 12.2 Å². The van der Waals surface area contributed by atoms with Crippen LogP contribution in [0.3, 0.4) is 0 Å². The number of hydrogen-bond donors (Lipinski definition) is 0. The Hall–Kier alpha value is -2.42. The van der Waals surface area contributed by atoms with Gasteiger partial charge in [0, 0.05) is 24.2 Å². The Kier molecular flexibility index (Phi) is 3.80. The average Bonchev–Trinajstić information content (AvgIpc) is 2.96. The SMILES string of the molecule is CC(C)(C)c1ccc(Cn2nccc2-c2ccncc2)cc1. The first-order valence-electron chi connectivity index (χ1n) is 7.56. The van der Waals surface area contributed by atoms with Crippen molar-refractivity contribution in [2.75, 3.05) is 0 Å². The summed E-state index contributed by atoms with van der Waals surface area (Å²) in [5, 5.41) is 4.46. The third-order valence-corrected chi connectivity index (χ3v) is 3.84. The minimum absolute atomic E-state index is 0.187. The number of rotatable bonds is 3. The molecule has 112 valence electrons. The molecule has 0 unspecified atom stereocenters. The molecule has 0 bridgehead atoms. The lowest BCUT2D eigenvalue weighted by molar-refractivity contribution is 0.589. The van der Waals surface area contributed by atoms with Gasteiger partial charge in [-0.1, -0.05) is 45.0 Å². The van der Waals surface area contributed by atoms with Gasteiger partial charge in [-0.05, 0) is 34.7 Å². The van der Waals surface area contributed by atoms with E-state index in [-0.39, 0.29) is 5.41 Å². The van der Waals surface area contributed by atoms with E-state index in [0.29, 0.717) is 0 Å². The fourth-order valence-electron chi connectivity index (χ4n) is 2.51. The average molecular weight is 291 g/mol. The van der Waals surface area contributed by atoms with Crippen LogP contribution in [0.5, 0.6) is 0 Å². The van der Waals surface area contributed by atoms with Crippen LogP contribution < -0.4 is 0 Å². The van der Waals surface area contributed by atoms with Crippen molar-refractivity contribution in [2.45, 2.75) is 32.7 Å². The highest BCUT2D eigenvalue weighted by atomic mass is 15.3. The smallest absolute Gasteiger partial charge is 0.0687 e. The molecular formula is C19H21N3. The highest BCUT2D eigenvalue weighted by Crippen LogP contribution is 2.23. The highest BCUT2D eigenvalue weighted by molar-refractivity contribution is 5.58. The standard InChI is InChI=1S/C19H21N3/c1-19(2,3)17-6-4-15(5-7-17)14-22-18(10-13-21-22)16-8-11-20-12-9-16/h4-13H,14H2,1-3H3. The second kappa shape index (κ2) is 5.76. The Morgan fingerprint density at radius 2 is 1.55 bits per heavy atom. The quantitative estimate of drug-likeness (QED) is 0.720. The molecule has 0 amide bonds. The molecule has 0 atom stereocenters. The minimum atomic E-state index is 0.187. The molecule has 0 aliphatic carbocycles. The van der Waals surface area contributed by atoms with E-state index in [1.807, 2.05) is 41.5 Å². The summed E-state index contributed by atoms with van der Waals surface area (Å²) in [6.45, 7) is 7.47. The Morgan fingerprint density at radius 1 is 0.864 bits per heavy atom. The first-order valence-corrected chi connectivity index (χ1v) is 7.56. The van der Waals surface area contributed by atoms with E-state index in [4.69, 9.17) is 0 Å². The molecule has 0 aliphatic rings. The van der Waals surface area contributed by atoms with Crippen LogP contribution in [-0.2, 0) is 12.0 Å². The second-order valence-corrected chi connectivity index (χ2v) is 6.56. The lowest BCUT2D eigenvalue weighted by atomic mass is 9.87. The van der Waals surface area contributed by atoms with Gasteiger partial charge in [0.25, 0.3) is 0 Å². The maximum absolute atomic E-state index is 4.46. The molecule has 0 saturated heterocycles. The van der Waals surface area contributed by atoms with Crippen LogP contribution in [0.4, 0.5) is 0 Å². The molecule has 3 nitrogen and oxygen atoms in total. The number of benzene rings is 1. The molecule has 1 aromatic carbocycles. The van der Waals surface area contributed by atoms with Gasteiger partial charge in [-0.25, -0.2) is 0 Å². The van der Waals surface area contributed by atoms with Gasteiger partial charge >= 0.3 is 0 Å². The molecular weight excluding hydrogens is 270 g/mol. The van der Waals surface area contributed by atoms with E-state index in [1.54, 1.807) is 0 Å². The Balaban J connectivity index is 1.84. The first kappa shape index (κ1) is 14.5. The molecule has 0 saturated carbocycles. The molecule has 2 heterocycles. The van der Waals surface area contributed by atoms with Crippen LogP contribution in [0.15, 0.2) is 61.1 Å². The van der Waals surface area contributed by atoms with Crippen LogP contribution in [0.1, 0.15) is 31.9 Å². The molecule has 2 aromatic heterocycles. The predicted molar refractivity (Wildman–Crippen MR) is 89.7 cm³/mol. The number of aromatic nitrogens is 3. The molecule has 3 rings (SSSR count). The fraction of sp³-hybridized carbons (Fsp3) is 0.263. The predicted octanol–water partition coefficient (Wildman–Crippen LogP) is 4.29. The van der Waals surface area contributed by atoms with Gasteiger partial charge in [0.1, 0.15) is 0 Å². The maximum Gasteiger partial charge on any atom is 0.0687 e. The summed E-state index contributed by atoms with van der Waals surface area (Å²) >= 11 is 0. The Morgan fingerprint density at radius 3 is 2.18 bits per heavy atom. The van der Waals surface area contributed by atoms with Gasteiger partial charge in [-0.2, -0.15) is 5.10 Å². The van der Waals surface area contributed by atoms with Crippen molar-refractivity contribution in [3.8, 4) is 11.3 Å². The summed E-state index contributed by atoms with van der Waals surface area (Å²) in [5.41, 5.74) is 5.05. The van der Waals surface area contributed by atoms with Crippen LogP contribution in [0.2, 0.25) is 0 Å². The molecule has 22 heavy (non-hydrogen) atoms. The highest BCUT2D eigenvalue weighted by Gasteiger charge is 2.13. The van der Waals surface area contributed by atoms with Crippen molar-refractivity contribution < 1.29 is 0 Å². The minimum Gasteiger partial charge on any atom is -0.265 e. The molecule has 0 spiro atoms. The summed E-state index contributed by atoms with van der Waals surface area (Å²) in [6.07, 6.45) is 5.47. The van der Waals surface area contributed by atoms with E-state index >= 15 is 0 Å². The van der Waals surface area contributed by atoms with Crippen LogP contribution in [0, 0.1) is 0 Å². The van der Waals surface area contributed by atoms with E-state index in [0.717, 1.165) is 17.8 Å². The topological polar surface area (TPSA) is 30.7 Å². The zero-order valence-electron chi connectivity index (χ0n) is 13.3. The number of hydrogen-bond acceptors (Lipinski definition) is 2. The van der Waals surface area contributed by atoms with Gasteiger partial charge in [0.2, 0.25) is 0 Å². The molecule has 3 heteroatoms. The fourth-order valence-corrected chi connectivity index (χ4v) is 2.51. The lowest BCUT2D eigenvalue weighted by Gasteiger charge is -2.19. The van der Waals surface area contributed by atoms with Crippen LogP contribution >= 0.6 is 0 Å². The van der Waals surface area contributed by atoms with Crippen molar-refractivity contribution in [2.24, 2.45) is 0 Å². The molecule has 0 N–H and O–H groups in total. The summed E-state index contributed by atoms with van der Waals surface area (Å²) in [6, 6.07) is 14.9. The normalized spacial score (nSPS) is 11.6. The number of pyridine rings is 1. The first-order chi connectivity index (χ1) is 10.5. The maximum atomic E-state index is 4.46. The second-order valence-electron chi connectivity index (χ2n) is 6.56. The van der Waals surface area contributed by atoms with Crippen LogP contribution in [-0.4, -0.2) is 14.8 Å². The van der Waals surface area contributed by atoms with Gasteiger partial charge in [-0.15, -0.1) is 0 Å². The summed E-state index contributed by atoms with van der Waals surface area (Å²) in [5.74, 6) is 0. The molecule has 0 fully saturated rings. The van der Waals surface area contributed by atoms with E-state index in [2.05, 4.69) is 55.1 Å². The zero-order chi connectivity index (χ0) is 15.6. The van der Waals surface area contributed by atoms with Crippen molar-refractivity contribution >= 4 is 0 Å². The van der Waals surface area contributed by atoms with Gasteiger partial charge in [-0.3, -0.25) is 9.67 Å². The lowest BCUT2D eigenvalue weighted by Crippen LogP contribution is -2.11. The van der Waals surface area contributed by atoms with Gasteiger partial charge < -0.3 is 0 Å². The van der Waals surface area contributed by atoms with Crippen molar-refractivity contribution in [3.05, 3.63) is 72.2 Å². The summed E-state index contributed by atoms with van der Waals surface area (Å²) in [4.78, 5) is 4.07. The van der Waals surface area contributed by atoms with E-state index in [1.165, 1.54) is 11.1 Å². The largest absolute Gasteiger partial charge is 0.265 e. The van der Waals surface area contributed by atoms with Crippen molar-refractivity contribution in [1.82, 2.24) is 14.8 Å². The Labute approximate surface area is 131 Å². The summed E-state index contributed by atoms with van der Waals surface area (Å²) in [7, 11) is 0. The molecule has 0 radical (unpaired) electrons. The van der Waals surface area contributed by atoms with E-state index < -0.39 is 0 Å². The van der Waals surface area contributed by atoms with Gasteiger partial charge in [0.15, 0.2) is 0 Å². The zero-order valence-corrected chi connectivity index (χ0v) is 13.3. The monoisotopic (exact) mass is 291 g/mol. The molecule has 3 aromatic rings. The number of nitrogens with zero attached hydrogens (tertiary/aromatic N) is 3. The van der Waals surface area contributed by atoms with Crippen molar-refractivity contribution in [3.63, 3.8) is 0 Å². The van der Waals surface area contributed by atoms with Crippen molar-refractivity contribution in [1.29, 1.82) is 0 Å². The third kappa shape index (κ3) is 3.08. The van der Waals surface area contributed by atoms with E-state index in [9.17, 15) is 0 Å². The van der Waals surface area contributed by atoms with Crippen LogP contribution in [0.25, 0.3) is 11.3 Å². The Bertz CT molecular complexity index is 734. The third-order valence-electron chi connectivity index (χ3n) is 3.84. The molecule has 0 aliphatic heterocycles.